The molecule has 124 valence electrons. The van der Waals surface area contributed by atoms with E-state index >= 15 is 0 Å². The van der Waals surface area contributed by atoms with Crippen LogP contribution in [-0.2, 0) is 16.1 Å². The van der Waals surface area contributed by atoms with Crippen LogP contribution < -0.4 is 5.32 Å². The van der Waals surface area contributed by atoms with Crippen molar-refractivity contribution in [3.05, 3.63) is 35.9 Å². The molecule has 0 unspecified atom stereocenters. The summed E-state index contributed by atoms with van der Waals surface area (Å²) in [6.07, 6.45) is 4.58. The second kappa shape index (κ2) is 6.62. The molecule has 3 atom stereocenters. The molecule has 0 radical (unpaired) electrons. The fourth-order valence-corrected chi connectivity index (χ4v) is 3.91. The molecule has 1 amide bonds. The third kappa shape index (κ3) is 3.93. The highest BCUT2D eigenvalue weighted by Crippen LogP contribution is 2.35. The van der Waals surface area contributed by atoms with Crippen LogP contribution in [0.15, 0.2) is 30.3 Å². The molecule has 1 aromatic carbocycles. The molecule has 1 aliphatic carbocycles. The Balaban J connectivity index is 1.21. The van der Waals surface area contributed by atoms with Crippen LogP contribution in [0.3, 0.4) is 0 Å². The van der Waals surface area contributed by atoms with Crippen molar-refractivity contribution in [1.82, 2.24) is 10.2 Å². The minimum Gasteiger partial charge on any atom is -0.373 e. The number of nitrogens with one attached hydrogen (secondary N) is 1. The summed E-state index contributed by atoms with van der Waals surface area (Å²) in [5.74, 6) is 1.51. The van der Waals surface area contributed by atoms with Crippen molar-refractivity contribution in [2.45, 2.75) is 44.4 Å². The van der Waals surface area contributed by atoms with Gasteiger partial charge in [-0.05, 0) is 30.7 Å². The summed E-state index contributed by atoms with van der Waals surface area (Å²) in [6, 6.07) is 10.6. The van der Waals surface area contributed by atoms with Crippen LogP contribution in [-0.4, -0.2) is 42.6 Å². The van der Waals surface area contributed by atoms with Gasteiger partial charge in [0.15, 0.2) is 0 Å². The Kier molecular flexibility index (Phi) is 4.36. The number of ether oxygens (including phenoxy) is 1. The molecule has 1 N–H and O–H groups in total. The Morgan fingerprint density at radius 2 is 2.04 bits per heavy atom. The molecule has 4 rings (SSSR count). The summed E-state index contributed by atoms with van der Waals surface area (Å²) < 4.78 is 6.14. The van der Waals surface area contributed by atoms with E-state index in [4.69, 9.17) is 4.74 Å². The first kappa shape index (κ1) is 15.2. The zero-order valence-corrected chi connectivity index (χ0v) is 13.6. The summed E-state index contributed by atoms with van der Waals surface area (Å²) in [6.45, 7) is 3.96. The largest absolute Gasteiger partial charge is 0.373 e. The molecule has 1 aromatic rings. The van der Waals surface area contributed by atoms with Gasteiger partial charge in [0.1, 0.15) is 0 Å². The summed E-state index contributed by atoms with van der Waals surface area (Å²) in [7, 11) is 0. The first-order valence-electron chi connectivity index (χ1n) is 8.94. The third-order valence-electron chi connectivity index (χ3n) is 5.34. The molecule has 4 heteroatoms. The van der Waals surface area contributed by atoms with Crippen LogP contribution in [0.25, 0.3) is 0 Å². The Hall–Kier alpha value is -1.39. The second-order valence-corrected chi connectivity index (χ2v) is 7.42. The van der Waals surface area contributed by atoms with E-state index < -0.39 is 0 Å². The summed E-state index contributed by atoms with van der Waals surface area (Å²) >= 11 is 0. The SMILES string of the molecule is O=C(C[C@@H]1C[C@H]2CN(Cc3ccccc3)C[C@H]2O1)NCC1CC1. The van der Waals surface area contributed by atoms with Crippen molar-refractivity contribution in [3.63, 3.8) is 0 Å². The number of benzene rings is 1. The highest BCUT2D eigenvalue weighted by atomic mass is 16.5. The average molecular weight is 314 g/mol. The molecule has 0 bridgehead atoms. The molecule has 2 heterocycles. The van der Waals surface area contributed by atoms with Crippen molar-refractivity contribution < 1.29 is 9.53 Å². The highest BCUT2D eigenvalue weighted by molar-refractivity contribution is 5.76. The number of nitrogens with zero attached hydrogens (tertiary/aromatic N) is 1. The molecule has 3 aliphatic rings. The predicted molar refractivity (Wildman–Crippen MR) is 88.8 cm³/mol. The number of rotatable bonds is 6. The molecular weight excluding hydrogens is 288 g/mol. The Labute approximate surface area is 138 Å². The Morgan fingerprint density at radius 3 is 2.78 bits per heavy atom. The number of hydrogen-bond donors (Lipinski definition) is 1. The molecule has 2 aliphatic heterocycles. The van der Waals surface area contributed by atoms with Gasteiger partial charge in [0, 0.05) is 32.1 Å². The number of likely N-dealkylation sites (tertiary alicyclic amines) is 1. The maximum Gasteiger partial charge on any atom is 0.222 e. The molecule has 0 spiro atoms. The lowest BCUT2D eigenvalue weighted by Gasteiger charge is -2.19. The molecule has 1 saturated carbocycles. The number of carbonyl (C=O) groups is 1. The quantitative estimate of drug-likeness (QED) is 0.875. The van der Waals surface area contributed by atoms with Gasteiger partial charge in [-0.15, -0.1) is 0 Å². The van der Waals surface area contributed by atoms with Crippen LogP contribution in [0.2, 0.25) is 0 Å². The van der Waals surface area contributed by atoms with Crippen molar-refractivity contribution >= 4 is 5.91 Å². The van der Waals surface area contributed by atoms with Crippen LogP contribution in [0.1, 0.15) is 31.2 Å². The maximum atomic E-state index is 12.0. The van der Waals surface area contributed by atoms with E-state index in [1.54, 1.807) is 0 Å². The highest BCUT2D eigenvalue weighted by Gasteiger charge is 2.42. The molecule has 4 nitrogen and oxygen atoms in total. The van der Waals surface area contributed by atoms with E-state index in [9.17, 15) is 4.79 Å². The first-order chi connectivity index (χ1) is 11.3. The number of hydrogen-bond acceptors (Lipinski definition) is 3. The molecule has 3 fully saturated rings. The summed E-state index contributed by atoms with van der Waals surface area (Å²) in [5, 5.41) is 3.05. The predicted octanol–water partition coefficient (Wildman–Crippen LogP) is 2.19. The van der Waals surface area contributed by atoms with Crippen LogP contribution in [0.5, 0.6) is 0 Å². The second-order valence-electron chi connectivity index (χ2n) is 7.42. The Morgan fingerprint density at radius 1 is 1.22 bits per heavy atom. The van der Waals surface area contributed by atoms with Crippen LogP contribution >= 0.6 is 0 Å². The van der Waals surface area contributed by atoms with Crippen molar-refractivity contribution in [3.8, 4) is 0 Å². The lowest BCUT2D eigenvalue weighted by atomic mass is 10.0. The Bertz CT molecular complexity index is 530. The lowest BCUT2D eigenvalue weighted by Crippen LogP contribution is -2.30. The lowest BCUT2D eigenvalue weighted by molar-refractivity contribution is -0.123. The minimum atomic E-state index is 0.128. The van der Waals surface area contributed by atoms with Crippen LogP contribution in [0.4, 0.5) is 0 Å². The van der Waals surface area contributed by atoms with Crippen molar-refractivity contribution in [2.24, 2.45) is 11.8 Å². The van der Waals surface area contributed by atoms with E-state index in [0.717, 1.165) is 38.5 Å². The molecule has 23 heavy (non-hydrogen) atoms. The fraction of sp³-hybridized carbons (Fsp3) is 0.632. The number of carbonyl (C=O) groups excluding carboxylic acids is 1. The van der Waals surface area contributed by atoms with Gasteiger partial charge in [-0.3, -0.25) is 9.69 Å². The van der Waals surface area contributed by atoms with Crippen molar-refractivity contribution in [2.75, 3.05) is 19.6 Å². The smallest absolute Gasteiger partial charge is 0.222 e. The summed E-state index contributed by atoms with van der Waals surface area (Å²) in [5.41, 5.74) is 1.36. The zero-order valence-electron chi connectivity index (χ0n) is 13.6. The van der Waals surface area contributed by atoms with Gasteiger partial charge in [0.2, 0.25) is 5.91 Å². The zero-order chi connectivity index (χ0) is 15.6. The maximum absolute atomic E-state index is 12.0. The topological polar surface area (TPSA) is 41.6 Å². The van der Waals surface area contributed by atoms with Gasteiger partial charge < -0.3 is 10.1 Å². The number of amides is 1. The van der Waals surface area contributed by atoms with E-state index in [1.165, 1.54) is 18.4 Å². The first-order valence-corrected chi connectivity index (χ1v) is 8.94. The number of fused-ring (bicyclic) bond motifs is 1. The molecule has 0 aromatic heterocycles. The van der Waals surface area contributed by atoms with E-state index in [-0.39, 0.29) is 12.0 Å². The monoisotopic (exact) mass is 314 g/mol. The summed E-state index contributed by atoms with van der Waals surface area (Å²) in [4.78, 5) is 14.4. The van der Waals surface area contributed by atoms with Crippen LogP contribution in [0, 0.1) is 11.8 Å². The van der Waals surface area contributed by atoms with Gasteiger partial charge in [0.25, 0.3) is 0 Å². The van der Waals surface area contributed by atoms with Crippen molar-refractivity contribution in [1.29, 1.82) is 0 Å². The molecular formula is C19H26N2O2. The average Bonchev–Trinajstić information content (AvgIpc) is 3.20. The van der Waals surface area contributed by atoms with Gasteiger partial charge in [-0.2, -0.15) is 0 Å². The van der Waals surface area contributed by atoms with Gasteiger partial charge in [-0.25, -0.2) is 0 Å². The molecule has 2 saturated heterocycles. The minimum absolute atomic E-state index is 0.128. The van der Waals surface area contributed by atoms with E-state index in [1.807, 2.05) is 0 Å². The van der Waals surface area contributed by atoms with Gasteiger partial charge in [0.05, 0.1) is 18.6 Å². The fourth-order valence-electron chi connectivity index (χ4n) is 3.91. The van der Waals surface area contributed by atoms with E-state index in [0.29, 0.717) is 18.4 Å². The van der Waals surface area contributed by atoms with E-state index in [2.05, 4.69) is 40.5 Å². The standard InChI is InChI=1S/C19H26N2O2/c22-19(20-10-14-6-7-14)9-17-8-16-12-21(13-18(16)23-17)11-15-4-2-1-3-5-15/h1-5,14,16-18H,6-13H2,(H,20,22)/t16-,17-,18+/m0/s1. The van der Waals surface area contributed by atoms with Gasteiger partial charge in [-0.1, -0.05) is 30.3 Å². The normalized spacial score (nSPS) is 30.3. The van der Waals surface area contributed by atoms with Gasteiger partial charge >= 0.3 is 0 Å². The third-order valence-corrected chi connectivity index (χ3v) is 5.34.